The summed E-state index contributed by atoms with van der Waals surface area (Å²) >= 11 is 0. The number of ether oxygens (including phenoxy) is 1. The topological polar surface area (TPSA) is 87.0 Å². The Bertz CT molecular complexity index is 598. The van der Waals surface area contributed by atoms with E-state index in [0.29, 0.717) is 18.7 Å². The van der Waals surface area contributed by atoms with Gasteiger partial charge in [0.1, 0.15) is 5.75 Å². The first-order chi connectivity index (χ1) is 9.17. The Morgan fingerprint density at radius 3 is 2.58 bits per heavy atom. The number of amides is 1. The summed E-state index contributed by atoms with van der Waals surface area (Å²) in [6.07, 6.45) is 0.290. The van der Waals surface area contributed by atoms with Gasteiger partial charge in [0.2, 0.25) is 5.91 Å². The van der Waals surface area contributed by atoms with Crippen LogP contribution in [0.3, 0.4) is 0 Å². The minimum Gasteiger partial charge on any atom is -0.497 e. The zero-order valence-corrected chi connectivity index (χ0v) is 10.5. The summed E-state index contributed by atoms with van der Waals surface area (Å²) in [6.45, 7) is 0.299. The van der Waals surface area contributed by atoms with Gasteiger partial charge >= 0.3 is 0 Å². The van der Waals surface area contributed by atoms with Crippen molar-refractivity contribution in [3.63, 3.8) is 0 Å². The maximum absolute atomic E-state index is 11.7. The summed E-state index contributed by atoms with van der Waals surface area (Å²) in [7, 11) is 1.60. The summed E-state index contributed by atoms with van der Waals surface area (Å²) in [6, 6.07) is 8.72. The summed E-state index contributed by atoms with van der Waals surface area (Å²) < 4.78 is 5.04. The van der Waals surface area contributed by atoms with Crippen molar-refractivity contribution in [2.45, 2.75) is 13.0 Å². The molecule has 100 valence electrons. The minimum absolute atomic E-state index is 0.104. The molecule has 0 unspecified atom stereocenters. The minimum atomic E-state index is -0.209. The third kappa shape index (κ3) is 3.74. The van der Waals surface area contributed by atoms with Gasteiger partial charge in [-0.3, -0.25) is 14.7 Å². The Labute approximate surface area is 109 Å². The predicted molar refractivity (Wildman–Crippen MR) is 70.0 cm³/mol. The van der Waals surface area contributed by atoms with Gasteiger partial charge in [0.15, 0.2) is 0 Å². The largest absolute Gasteiger partial charge is 0.497 e. The molecule has 1 aromatic heterocycles. The molecule has 2 aromatic rings. The van der Waals surface area contributed by atoms with Crippen molar-refractivity contribution in [2.75, 3.05) is 7.11 Å². The smallest absolute Gasteiger partial charge is 0.264 e. The third-order valence-corrected chi connectivity index (χ3v) is 2.65. The number of aromatic nitrogens is 2. The van der Waals surface area contributed by atoms with Crippen LogP contribution in [-0.4, -0.2) is 23.2 Å². The lowest BCUT2D eigenvalue weighted by atomic mass is 10.1. The van der Waals surface area contributed by atoms with E-state index in [1.165, 1.54) is 6.07 Å². The van der Waals surface area contributed by atoms with Crippen molar-refractivity contribution in [2.24, 2.45) is 0 Å². The van der Waals surface area contributed by atoms with Crippen LogP contribution in [0.4, 0.5) is 0 Å². The first-order valence-corrected chi connectivity index (χ1v) is 5.83. The summed E-state index contributed by atoms with van der Waals surface area (Å²) in [4.78, 5) is 22.6. The molecule has 0 bridgehead atoms. The highest BCUT2D eigenvalue weighted by Gasteiger charge is 2.04. The molecule has 0 atom stereocenters. The normalized spacial score (nSPS) is 10.2. The van der Waals surface area contributed by atoms with Gasteiger partial charge in [-0.2, -0.15) is 0 Å². The standard InChI is InChI=1S/C13H15N3O3/c1-19-11-4-2-9(3-5-11)6-12(17)14-8-10-7-13(18)16-15-10/h2-5,7H,6,8H2,1H3,(H,14,17)(H2,15,16,18). The highest BCUT2D eigenvalue weighted by atomic mass is 16.5. The first kappa shape index (κ1) is 12.9. The molecule has 3 N–H and O–H groups in total. The molecule has 6 nitrogen and oxygen atoms in total. The van der Waals surface area contributed by atoms with E-state index in [1.807, 2.05) is 24.3 Å². The van der Waals surface area contributed by atoms with Crippen molar-refractivity contribution < 1.29 is 9.53 Å². The lowest BCUT2D eigenvalue weighted by Gasteiger charge is -2.05. The molecule has 0 saturated heterocycles. The number of carbonyl (C=O) groups is 1. The van der Waals surface area contributed by atoms with E-state index in [1.54, 1.807) is 7.11 Å². The fourth-order valence-corrected chi connectivity index (χ4v) is 1.65. The SMILES string of the molecule is COc1ccc(CC(=O)NCc2cc(=O)[nH][nH]2)cc1. The van der Waals surface area contributed by atoms with Crippen LogP contribution < -0.4 is 15.6 Å². The van der Waals surface area contributed by atoms with Crippen molar-refractivity contribution in [3.8, 4) is 5.75 Å². The number of aromatic amines is 2. The van der Waals surface area contributed by atoms with Crippen LogP contribution in [0.2, 0.25) is 0 Å². The highest BCUT2D eigenvalue weighted by molar-refractivity contribution is 5.78. The van der Waals surface area contributed by atoms with Gasteiger partial charge in [0.25, 0.3) is 5.56 Å². The van der Waals surface area contributed by atoms with E-state index < -0.39 is 0 Å². The van der Waals surface area contributed by atoms with E-state index in [4.69, 9.17) is 4.74 Å². The summed E-state index contributed by atoms with van der Waals surface area (Å²) in [5.41, 5.74) is 1.34. The van der Waals surface area contributed by atoms with Crippen LogP contribution in [-0.2, 0) is 17.8 Å². The van der Waals surface area contributed by atoms with Crippen molar-refractivity contribution in [3.05, 3.63) is 51.9 Å². The molecule has 0 aliphatic heterocycles. The molecule has 0 saturated carbocycles. The number of H-pyrrole nitrogens is 2. The first-order valence-electron chi connectivity index (χ1n) is 5.83. The van der Waals surface area contributed by atoms with Gasteiger partial charge in [-0.05, 0) is 17.7 Å². The van der Waals surface area contributed by atoms with E-state index in [9.17, 15) is 9.59 Å². The number of rotatable bonds is 5. The molecule has 1 amide bonds. The molecule has 0 aliphatic carbocycles. The van der Waals surface area contributed by atoms with Gasteiger partial charge in [0, 0.05) is 6.07 Å². The van der Waals surface area contributed by atoms with E-state index in [0.717, 1.165) is 11.3 Å². The molecular formula is C13H15N3O3. The van der Waals surface area contributed by atoms with E-state index >= 15 is 0 Å². The zero-order valence-electron chi connectivity index (χ0n) is 10.5. The van der Waals surface area contributed by atoms with Crippen LogP contribution >= 0.6 is 0 Å². The molecular weight excluding hydrogens is 246 g/mol. The van der Waals surface area contributed by atoms with Gasteiger partial charge < -0.3 is 15.2 Å². The lowest BCUT2D eigenvalue weighted by molar-refractivity contribution is -0.120. The Hall–Kier alpha value is -2.50. The number of carbonyl (C=O) groups excluding carboxylic acids is 1. The predicted octanol–water partition coefficient (Wildman–Crippen LogP) is 0.570. The van der Waals surface area contributed by atoms with Crippen molar-refractivity contribution in [1.29, 1.82) is 0 Å². The fourth-order valence-electron chi connectivity index (χ4n) is 1.65. The van der Waals surface area contributed by atoms with Crippen LogP contribution in [0.15, 0.2) is 35.1 Å². The Kier molecular flexibility index (Phi) is 4.02. The Balaban J connectivity index is 1.85. The molecule has 0 fully saturated rings. The zero-order chi connectivity index (χ0) is 13.7. The maximum Gasteiger partial charge on any atom is 0.264 e. The Morgan fingerprint density at radius 2 is 2.00 bits per heavy atom. The number of methoxy groups -OCH3 is 1. The third-order valence-electron chi connectivity index (χ3n) is 2.65. The van der Waals surface area contributed by atoms with Crippen LogP contribution in [0.25, 0.3) is 0 Å². The second kappa shape index (κ2) is 5.90. The molecule has 19 heavy (non-hydrogen) atoms. The van der Waals surface area contributed by atoms with Gasteiger partial charge in [0.05, 0.1) is 25.8 Å². The van der Waals surface area contributed by atoms with Gasteiger partial charge in [-0.1, -0.05) is 12.1 Å². The van der Waals surface area contributed by atoms with Crippen LogP contribution in [0.1, 0.15) is 11.3 Å². The lowest BCUT2D eigenvalue weighted by Crippen LogP contribution is -2.24. The number of benzene rings is 1. The molecule has 1 heterocycles. The second-order valence-corrected chi connectivity index (χ2v) is 4.09. The average Bonchev–Trinajstić information content (AvgIpc) is 2.83. The van der Waals surface area contributed by atoms with Crippen LogP contribution in [0, 0.1) is 0 Å². The number of hydrogen-bond acceptors (Lipinski definition) is 3. The average molecular weight is 261 g/mol. The quantitative estimate of drug-likeness (QED) is 0.735. The van der Waals surface area contributed by atoms with Crippen LogP contribution in [0.5, 0.6) is 5.75 Å². The maximum atomic E-state index is 11.7. The molecule has 6 heteroatoms. The Morgan fingerprint density at radius 1 is 1.26 bits per heavy atom. The second-order valence-electron chi connectivity index (χ2n) is 4.09. The number of nitrogens with one attached hydrogen (secondary N) is 3. The molecule has 2 rings (SSSR count). The van der Waals surface area contributed by atoms with E-state index in [-0.39, 0.29) is 11.5 Å². The number of hydrogen-bond donors (Lipinski definition) is 3. The summed E-state index contributed by atoms with van der Waals surface area (Å²) in [5.74, 6) is 0.654. The highest BCUT2D eigenvalue weighted by Crippen LogP contribution is 2.11. The molecule has 1 aromatic carbocycles. The monoisotopic (exact) mass is 261 g/mol. The van der Waals surface area contributed by atoms with Crippen molar-refractivity contribution in [1.82, 2.24) is 15.5 Å². The van der Waals surface area contributed by atoms with Gasteiger partial charge in [-0.25, -0.2) is 0 Å². The van der Waals surface area contributed by atoms with Gasteiger partial charge in [-0.15, -0.1) is 0 Å². The van der Waals surface area contributed by atoms with E-state index in [2.05, 4.69) is 15.5 Å². The summed E-state index contributed by atoms with van der Waals surface area (Å²) in [5, 5.41) is 7.81. The van der Waals surface area contributed by atoms with Crippen molar-refractivity contribution >= 4 is 5.91 Å². The molecule has 0 spiro atoms. The molecule has 0 radical (unpaired) electrons. The molecule has 0 aliphatic rings. The fraction of sp³-hybridized carbons (Fsp3) is 0.231.